The Balaban J connectivity index is 2.18. The van der Waals surface area contributed by atoms with Gasteiger partial charge in [0.05, 0.1) is 6.07 Å². The largest absolute Gasteiger partial charge is 0.332 e. The summed E-state index contributed by atoms with van der Waals surface area (Å²) in [6.07, 6.45) is 7.69. The second-order valence-corrected chi connectivity index (χ2v) is 4.44. The molecular weight excluding hydrogens is 200 g/mol. The van der Waals surface area contributed by atoms with E-state index in [4.69, 9.17) is 0 Å². The molecule has 2 rings (SSSR count). The number of hydrogen-bond donors (Lipinski definition) is 1. The Morgan fingerprint density at radius 1 is 1.75 bits per heavy atom. The first kappa shape index (κ1) is 11.2. The minimum absolute atomic E-state index is 0.333. The van der Waals surface area contributed by atoms with E-state index in [2.05, 4.69) is 27.9 Å². The van der Waals surface area contributed by atoms with Gasteiger partial charge in [-0.15, -0.1) is 0 Å². The third kappa shape index (κ3) is 1.72. The van der Waals surface area contributed by atoms with Gasteiger partial charge in [0, 0.05) is 24.9 Å². The molecular formula is C12H18N4. The lowest BCUT2D eigenvalue weighted by molar-refractivity contribution is 0.424. The van der Waals surface area contributed by atoms with Gasteiger partial charge in [-0.1, -0.05) is 6.92 Å². The molecule has 4 nitrogen and oxygen atoms in total. The quantitative estimate of drug-likeness (QED) is 0.839. The molecule has 1 saturated carbocycles. The van der Waals surface area contributed by atoms with Gasteiger partial charge >= 0.3 is 0 Å². The molecule has 1 aliphatic rings. The van der Waals surface area contributed by atoms with Crippen molar-refractivity contribution in [2.75, 3.05) is 7.05 Å². The zero-order chi connectivity index (χ0) is 11.6. The zero-order valence-electron chi connectivity index (χ0n) is 9.90. The lowest BCUT2D eigenvalue weighted by atomic mass is 10.00. The highest BCUT2D eigenvalue weighted by molar-refractivity contribution is 5.13. The normalized spacial score (nSPS) is 29.2. The third-order valence-electron chi connectivity index (χ3n) is 3.64. The number of hydrogen-bond acceptors (Lipinski definition) is 3. The van der Waals surface area contributed by atoms with Crippen LogP contribution in [0.4, 0.5) is 0 Å². The van der Waals surface area contributed by atoms with Crippen molar-refractivity contribution in [2.24, 2.45) is 0 Å². The van der Waals surface area contributed by atoms with Crippen molar-refractivity contribution in [1.29, 1.82) is 5.26 Å². The highest BCUT2D eigenvalue weighted by atomic mass is 15.1. The van der Waals surface area contributed by atoms with E-state index >= 15 is 0 Å². The van der Waals surface area contributed by atoms with E-state index in [1.165, 1.54) is 0 Å². The first-order chi connectivity index (χ1) is 7.74. The van der Waals surface area contributed by atoms with Crippen LogP contribution in [0, 0.1) is 11.3 Å². The molecule has 0 radical (unpaired) electrons. The Morgan fingerprint density at radius 2 is 2.56 bits per heavy atom. The Hall–Kier alpha value is -1.34. The first-order valence-electron chi connectivity index (χ1n) is 5.86. The Bertz CT molecular complexity index is 403. The Morgan fingerprint density at radius 3 is 3.12 bits per heavy atom. The maximum absolute atomic E-state index is 9.22. The second-order valence-electron chi connectivity index (χ2n) is 4.44. The van der Waals surface area contributed by atoms with Gasteiger partial charge in [-0.05, 0) is 26.3 Å². The maximum Gasteiger partial charge on any atom is 0.108 e. The Labute approximate surface area is 96.3 Å². The van der Waals surface area contributed by atoms with Crippen molar-refractivity contribution in [3.05, 3.63) is 18.2 Å². The number of imidazole rings is 1. The minimum atomic E-state index is -0.333. The smallest absolute Gasteiger partial charge is 0.108 e. The summed E-state index contributed by atoms with van der Waals surface area (Å²) in [5.74, 6) is 1.12. The Kier molecular flexibility index (Phi) is 2.97. The van der Waals surface area contributed by atoms with Gasteiger partial charge in [-0.3, -0.25) is 0 Å². The molecule has 0 aromatic carbocycles. The molecule has 0 amide bonds. The summed E-state index contributed by atoms with van der Waals surface area (Å²) in [4.78, 5) is 4.34. The molecule has 0 spiro atoms. The highest BCUT2D eigenvalue weighted by Gasteiger charge is 2.39. The molecule has 1 N–H and O–H groups in total. The van der Waals surface area contributed by atoms with Crippen molar-refractivity contribution in [3.63, 3.8) is 0 Å². The number of nitrogens with one attached hydrogen (secondary N) is 1. The predicted octanol–water partition coefficient (Wildman–Crippen LogP) is 1.65. The molecule has 1 aromatic rings. The molecule has 0 saturated heterocycles. The van der Waals surface area contributed by atoms with Crippen molar-refractivity contribution in [3.8, 4) is 6.07 Å². The first-order valence-corrected chi connectivity index (χ1v) is 5.86. The molecule has 1 aliphatic carbocycles. The molecule has 2 atom stereocenters. The van der Waals surface area contributed by atoms with E-state index in [0.717, 1.165) is 31.5 Å². The van der Waals surface area contributed by atoms with Gasteiger partial charge < -0.3 is 9.88 Å². The van der Waals surface area contributed by atoms with Crippen molar-refractivity contribution < 1.29 is 0 Å². The number of nitrogens with zero attached hydrogens (tertiary/aromatic N) is 3. The summed E-state index contributed by atoms with van der Waals surface area (Å²) in [5, 5.41) is 12.4. The van der Waals surface area contributed by atoms with E-state index in [0.29, 0.717) is 6.04 Å². The van der Waals surface area contributed by atoms with E-state index < -0.39 is 0 Å². The zero-order valence-corrected chi connectivity index (χ0v) is 9.90. The lowest BCUT2D eigenvalue weighted by Crippen LogP contribution is -2.38. The van der Waals surface area contributed by atoms with Crippen LogP contribution in [-0.2, 0) is 6.42 Å². The summed E-state index contributed by atoms with van der Waals surface area (Å²) < 4.78 is 2.23. The van der Waals surface area contributed by atoms with Crippen molar-refractivity contribution >= 4 is 0 Å². The van der Waals surface area contributed by atoms with Gasteiger partial charge in [-0.2, -0.15) is 5.26 Å². The van der Waals surface area contributed by atoms with Crippen LogP contribution in [0.15, 0.2) is 12.4 Å². The fourth-order valence-electron chi connectivity index (χ4n) is 2.59. The summed E-state index contributed by atoms with van der Waals surface area (Å²) in [7, 11) is 1.88. The van der Waals surface area contributed by atoms with Gasteiger partial charge in [-0.25, -0.2) is 4.98 Å². The third-order valence-corrected chi connectivity index (χ3v) is 3.64. The molecule has 0 bridgehead atoms. The molecule has 1 heterocycles. The monoisotopic (exact) mass is 218 g/mol. The van der Waals surface area contributed by atoms with Crippen molar-refractivity contribution in [2.45, 2.75) is 44.2 Å². The molecule has 0 aliphatic heterocycles. The average Bonchev–Trinajstić information content (AvgIpc) is 2.95. The SMILES string of the molecule is CCc1nccn1C1CCC(C#N)(NC)C1. The lowest BCUT2D eigenvalue weighted by Gasteiger charge is -2.20. The van der Waals surface area contributed by atoms with Crippen LogP contribution in [0.25, 0.3) is 0 Å². The molecule has 86 valence electrons. The molecule has 2 unspecified atom stereocenters. The number of aromatic nitrogens is 2. The van der Waals surface area contributed by atoms with E-state index in [1.807, 2.05) is 19.4 Å². The van der Waals surface area contributed by atoms with Crippen LogP contribution in [0.1, 0.15) is 38.1 Å². The molecule has 16 heavy (non-hydrogen) atoms. The summed E-state index contributed by atoms with van der Waals surface area (Å²) in [6, 6.07) is 2.83. The van der Waals surface area contributed by atoms with Crippen LogP contribution >= 0.6 is 0 Å². The summed E-state index contributed by atoms with van der Waals surface area (Å²) >= 11 is 0. The fourth-order valence-corrected chi connectivity index (χ4v) is 2.59. The van der Waals surface area contributed by atoms with Gasteiger partial charge in [0.25, 0.3) is 0 Å². The van der Waals surface area contributed by atoms with Crippen LogP contribution in [0.2, 0.25) is 0 Å². The summed E-state index contributed by atoms with van der Waals surface area (Å²) in [6.45, 7) is 2.11. The van der Waals surface area contributed by atoms with E-state index in [-0.39, 0.29) is 5.54 Å². The highest BCUT2D eigenvalue weighted by Crippen LogP contribution is 2.37. The van der Waals surface area contributed by atoms with Crippen LogP contribution in [-0.4, -0.2) is 22.1 Å². The molecule has 1 fully saturated rings. The topological polar surface area (TPSA) is 53.6 Å². The van der Waals surface area contributed by atoms with Gasteiger partial charge in [0.1, 0.15) is 11.4 Å². The van der Waals surface area contributed by atoms with Gasteiger partial charge in [0.15, 0.2) is 0 Å². The van der Waals surface area contributed by atoms with Crippen molar-refractivity contribution in [1.82, 2.24) is 14.9 Å². The second kappa shape index (κ2) is 4.26. The molecule has 4 heteroatoms. The van der Waals surface area contributed by atoms with Gasteiger partial charge in [0.2, 0.25) is 0 Å². The minimum Gasteiger partial charge on any atom is -0.332 e. The fraction of sp³-hybridized carbons (Fsp3) is 0.667. The number of nitriles is 1. The maximum atomic E-state index is 9.22. The standard InChI is InChI=1S/C12H18N4/c1-3-11-15-6-7-16(11)10-4-5-12(8-10,9-13)14-2/h6-7,10,14H,3-5,8H2,1-2H3. The number of rotatable bonds is 3. The van der Waals surface area contributed by atoms with E-state index in [9.17, 15) is 5.26 Å². The molecule has 1 aromatic heterocycles. The average molecular weight is 218 g/mol. The number of aryl methyl sites for hydroxylation is 1. The van der Waals surface area contributed by atoms with Crippen LogP contribution in [0.3, 0.4) is 0 Å². The van der Waals surface area contributed by atoms with Crippen LogP contribution < -0.4 is 5.32 Å². The summed E-state index contributed by atoms with van der Waals surface area (Å²) in [5.41, 5.74) is -0.333. The predicted molar refractivity (Wildman–Crippen MR) is 61.9 cm³/mol. The van der Waals surface area contributed by atoms with Crippen LogP contribution in [0.5, 0.6) is 0 Å². The van der Waals surface area contributed by atoms with E-state index in [1.54, 1.807) is 0 Å².